The molecule has 0 saturated carbocycles. The smallest absolute Gasteiger partial charge is 0.149 e. The second-order valence-corrected chi connectivity index (χ2v) is 4.71. The summed E-state index contributed by atoms with van der Waals surface area (Å²) in [6, 6.07) is 8.86. The van der Waals surface area contributed by atoms with Crippen LogP contribution in [0.25, 0.3) is 11.1 Å². The highest BCUT2D eigenvalue weighted by atomic mass is 35.5. The predicted molar refractivity (Wildman–Crippen MR) is 79.4 cm³/mol. The molecule has 0 aliphatic heterocycles. The average molecular weight is 298 g/mol. The van der Waals surface area contributed by atoms with Crippen LogP contribution in [0.2, 0.25) is 10.0 Å². The Morgan fingerprint density at radius 3 is 2.32 bits per heavy atom. The normalized spacial score (nSPS) is 10.3. The molecule has 2 rings (SSSR count). The summed E-state index contributed by atoms with van der Waals surface area (Å²) in [5.41, 5.74) is 8.12. The van der Waals surface area contributed by atoms with E-state index in [2.05, 4.69) is 0 Å². The molecule has 0 aliphatic rings. The summed E-state index contributed by atoms with van der Waals surface area (Å²) in [6.07, 6.45) is 0. The third-order valence-electron chi connectivity index (χ3n) is 2.79. The lowest BCUT2D eigenvalue weighted by molar-refractivity contribution is 0.396. The molecule has 0 amide bonds. The summed E-state index contributed by atoms with van der Waals surface area (Å²) < 4.78 is 10.5. The fraction of sp³-hybridized carbons (Fsp3) is 0.143. The second kappa shape index (κ2) is 5.59. The number of nitrogen functional groups attached to an aromatic ring is 1. The van der Waals surface area contributed by atoms with Crippen LogP contribution in [-0.4, -0.2) is 14.2 Å². The van der Waals surface area contributed by atoms with Gasteiger partial charge in [0, 0.05) is 21.8 Å². The molecule has 0 unspecified atom stereocenters. The number of rotatable bonds is 3. The summed E-state index contributed by atoms with van der Waals surface area (Å²) in [7, 11) is 3.10. The van der Waals surface area contributed by atoms with Crippen molar-refractivity contribution in [2.24, 2.45) is 0 Å². The van der Waals surface area contributed by atoms with E-state index in [0.717, 1.165) is 11.1 Å². The molecule has 0 saturated heterocycles. The molecule has 0 spiro atoms. The molecule has 2 aromatic carbocycles. The topological polar surface area (TPSA) is 44.5 Å². The Morgan fingerprint density at radius 2 is 1.68 bits per heavy atom. The minimum Gasteiger partial charge on any atom is -0.495 e. The van der Waals surface area contributed by atoms with Crippen LogP contribution in [-0.2, 0) is 0 Å². The van der Waals surface area contributed by atoms with Gasteiger partial charge in [-0.2, -0.15) is 0 Å². The molecule has 5 heteroatoms. The van der Waals surface area contributed by atoms with Gasteiger partial charge in [-0.1, -0.05) is 23.2 Å². The van der Waals surface area contributed by atoms with Crippen LogP contribution < -0.4 is 15.2 Å². The maximum atomic E-state index is 6.23. The van der Waals surface area contributed by atoms with E-state index in [1.807, 2.05) is 6.07 Å². The zero-order chi connectivity index (χ0) is 14.0. The van der Waals surface area contributed by atoms with Crippen molar-refractivity contribution >= 4 is 28.9 Å². The Bertz CT molecular complexity index is 615. The van der Waals surface area contributed by atoms with E-state index in [1.54, 1.807) is 38.5 Å². The number of ether oxygens (including phenoxy) is 2. The van der Waals surface area contributed by atoms with Gasteiger partial charge in [0.25, 0.3) is 0 Å². The average Bonchev–Trinajstić information content (AvgIpc) is 2.41. The Balaban J connectivity index is 2.68. The molecule has 2 aromatic rings. The summed E-state index contributed by atoms with van der Waals surface area (Å²) in [6.45, 7) is 0. The summed E-state index contributed by atoms with van der Waals surface area (Å²) in [5, 5.41) is 1.00. The highest BCUT2D eigenvalue weighted by Gasteiger charge is 2.16. The van der Waals surface area contributed by atoms with E-state index in [-0.39, 0.29) is 0 Å². The van der Waals surface area contributed by atoms with Crippen LogP contribution in [0.4, 0.5) is 5.69 Å². The summed E-state index contributed by atoms with van der Waals surface area (Å²) in [4.78, 5) is 0. The number of halogens is 2. The van der Waals surface area contributed by atoms with Gasteiger partial charge in [0.1, 0.15) is 16.5 Å². The Hall–Kier alpha value is -1.58. The van der Waals surface area contributed by atoms with Gasteiger partial charge in [-0.25, -0.2) is 0 Å². The van der Waals surface area contributed by atoms with E-state index in [9.17, 15) is 0 Å². The van der Waals surface area contributed by atoms with Crippen LogP contribution in [0.3, 0.4) is 0 Å². The van der Waals surface area contributed by atoms with Gasteiger partial charge in [-0.3, -0.25) is 0 Å². The molecule has 0 atom stereocenters. The fourth-order valence-corrected chi connectivity index (χ4v) is 2.36. The number of hydrogen-bond donors (Lipinski definition) is 1. The molecule has 0 radical (unpaired) electrons. The molecule has 3 nitrogen and oxygen atoms in total. The molecular weight excluding hydrogens is 285 g/mol. The first kappa shape index (κ1) is 13.8. The van der Waals surface area contributed by atoms with Crippen molar-refractivity contribution < 1.29 is 9.47 Å². The third-order valence-corrected chi connectivity index (χ3v) is 3.38. The largest absolute Gasteiger partial charge is 0.495 e. The van der Waals surface area contributed by atoms with Crippen LogP contribution in [0.15, 0.2) is 30.3 Å². The van der Waals surface area contributed by atoms with E-state index >= 15 is 0 Å². The Labute approximate surface area is 121 Å². The number of methoxy groups -OCH3 is 2. The van der Waals surface area contributed by atoms with Crippen molar-refractivity contribution in [1.82, 2.24) is 0 Å². The maximum Gasteiger partial charge on any atom is 0.149 e. The lowest BCUT2D eigenvalue weighted by atomic mass is 10.0. The number of hydrogen-bond acceptors (Lipinski definition) is 3. The van der Waals surface area contributed by atoms with Gasteiger partial charge in [-0.05, 0) is 30.3 Å². The maximum absolute atomic E-state index is 6.23. The lowest BCUT2D eigenvalue weighted by Gasteiger charge is -2.14. The molecule has 0 bridgehead atoms. The zero-order valence-corrected chi connectivity index (χ0v) is 12.0. The summed E-state index contributed by atoms with van der Waals surface area (Å²) in [5.74, 6) is 1.05. The van der Waals surface area contributed by atoms with E-state index < -0.39 is 0 Å². The number of benzene rings is 2. The van der Waals surface area contributed by atoms with Crippen molar-refractivity contribution in [3.05, 3.63) is 40.4 Å². The molecule has 100 valence electrons. The quantitative estimate of drug-likeness (QED) is 0.861. The minimum atomic E-state index is 0.405. The SMILES string of the molecule is COc1ccc(-c2cc(Cl)ccc2N)c(OC)c1Cl. The Morgan fingerprint density at radius 1 is 0.947 bits per heavy atom. The van der Waals surface area contributed by atoms with Crippen molar-refractivity contribution in [1.29, 1.82) is 0 Å². The molecule has 19 heavy (non-hydrogen) atoms. The van der Waals surface area contributed by atoms with Crippen LogP contribution >= 0.6 is 23.2 Å². The minimum absolute atomic E-state index is 0.405. The molecule has 2 N–H and O–H groups in total. The molecule has 0 aliphatic carbocycles. The fourth-order valence-electron chi connectivity index (χ4n) is 1.87. The van der Waals surface area contributed by atoms with Gasteiger partial charge in [0.05, 0.1) is 14.2 Å². The standard InChI is InChI=1S/C14H13Cl2NO2/c1-18-12-6-4-9(14(19-2)13(12)16)10-7-8(15)3-5-11(10)17/h3-7H,17H2,1-2H3. The molecule has 0 heterocycles. The van der Waals surface area contributed by atoms with E-state index in [4.69, 9.17) is 38.4 Å². The Kier molecular flexibility index (Phi) is 4.08. The molecule has 0 fully saturated rings. The highest BCUT2D eigenvalue weighted by molar-refractivity contribution is 6.34. The second-order valence-electron chi connectivity index (χ2n) is 3.89. The van der Waals surface area contributed by atoms with Crippen molar-refractivity contribution in [3.63, 3.8) is 0 Å². The van der Waals surface area contributed by atoms with Crippen LogP contribution in [0, 0.1) is 0 Å². The first-order valence-electron chi connectivity index (χ1n) is 5.54. The lowest BCUT2D eigenvalue weighted by Crippen LogP contribution is -1.95. The van der Waals surface area contributed by atoms with Crippen LogP contribution in [0.1, 0.15) is 0 Å². The first-order chi connectivity index (χ1) is 9.08. The van der Waals surface area contributed by atoms with Gasteiger partial charge in [0.2, 0.25) is 0 Å². The third kappa shape index (κ3) is 2.57. The highest BCUT2D eigenvalue weighted by Crippen LogP contribution is 2.43. The first-order valence-corrected chi connectivity index (χ1v) is 6.30. The van der Waals surface area contributed by atoms with E-state index in [0.29, 0.717) is 27.2 Å². The van der Waals surface area contributed by atoms with E-state index in [1.165, 1.54) is 0 Å². The van der Waals surface area contributed by atoms with Crippen molar-refractivity contribution in [3.8, 4) is 22.6 Å². The molecular formula is C14H13Cl2NO2. The van der Waals surface area contributed by atoms with Crippen molar-refractivity contribution in [2.45, 2.75) is 0 Å². The zero-order valence-electron chi connectivity index (χ0n) is 10.5. The van der Waals surface area contributed by atoms with Gasteiger partial charge in [-0.15, -0.1) is 0 Å². The van der Waals surface area contributed by atoms with Gasteiger partial charge >= 0.3 is 0 Å². The predicted octanol–water partition coefficient (Wildman–Crippen LogP) is 4.26. The van der Waals surface area contributed by atoms with Crippen LogP contribution in [0.5, 0.6) is 11.5 Å². The van der Waals surface area contributed by atoms with Crippen molar-refractivity contribution in [2.75, 3.05) is 20.0 Å². The monoisotopic (exact) mass is 297 g/mol. The number of anilines is 1. The molecule has 0 aromatic heterocycles. The van der Waals surface area contributed by atoms with Gasteiger partial charge in [0.15, 0.2) is 0 Å². The number of nitrogens with two attached hydrogens (primary N) is 1. The van der Waals surface area contributed by atoms with Gasteiger partial charge < -0.3 is 15.2 Å². The summed E-state index contributed by atoms with van der Waals surface area (Å²) >= 11 is 12.2.